The van der Waals surface area contributed by atoms with E-state index in [0.717, 1.165) is 0 Å². The zero-order valence-corrected chi connectivity index (χ0v) is 12.9. The minimum Gasteiger partial charge on any atom is -0.486 e. The van der Waals surface area contributed by atoms with Gasteiger partial charge in [0.2, 0.25) is 0 Å². The van der Waals surface area contributed by atoms with Gasteiger partial charge in [0, 0.05) is 22.7 Å². The van der Waals surface area contributed by atoms with E-state index in [4.69, 9.17) is 13.9 Å². The van der Waals surface area contributed by atoms with E-state index in [-0.39, 0.29) is 11.3 Å². The van der Waals surface area contributed by atoms with Crippen molar-refractivity contribution in [3.05, 3.63) is 53.5 Å². The molecule has 5 nitrogen and oxygen atoms in total. The van der Waals surface area contributed by atoms with E-state index in [1.165, 1.54) is 6.07 Å². The first-order valence-corrected chi connectivity index (χ1v) is 7.52. The van der Waals surface area contributed by atoms with Crippen molar-refractivity contribution >= 4 is 22.6 Å². The quantitative estimate of drug-likeness (QED) is 0.775. The first-order valence-electron chi connectivity index (χ1n) is 7.52. The van der Waals surface area contributed by atoms with Gasteiger partial charge < -0.3 is 19.2 Å². The van der Waals surface area contributed by atoms with Crippen LogP contribution < -0.4 is 14.8 Å². The van der Waals surface area contributed by atoms with Gasteiger partial charge in [0.15, 0.2) is 28.7 Å². The second-order valence-corrected chi connectivity index (χ2v) is 5.49. The molecule has 24 heavy (non-hydrogen) atoms. The maximum absolute atomic E-state index is 13.8. The van der Waals surface area contributed by atoms with Crippen LogP contribution in [0.4, 0.5) is 10.1 Å². The molecule has 0 aliphatic carbocycles. The number of rotatable bonds is 2. The topological polar surface area (TPSA) is 60.7 Å². The van der Waals surface area contributed by atoms with Crippen LogP contribution in [0.3, 0.4) is 0 Å². The van der Waals surface area contributed by atoms with Gasteiger partial charge in [-0.2, -0.15) is 0 Å². The Morgan fingerprint density at radius 2 is 1.92 bits per heavy atom. The van der Waals surface area contributed by atoms with E-state index in [2.05, 4.69) is 5.32 Å². The predicted octanol–water partition coefficient (Wildman–Crippen LogP) is 3.90. The highest BCUT2D eigenvalue weighted by atomic mass is 19.1. The van der Waals surface area contributed by atoms with Crippen molar-refractivity contribution in [2.75, 3.05) is 18.5 Å². The summed E-state index contributed by atoms with van der Waals surface area (Å²) in [5.74, 6) is 0.367. The van der Waals surface area contributed by atoms with E-state index >= 15 is 0 Å². The highest BCUT2D eigenvalue weighted by molar-refractivity contribution is 6.06. The summed E-state index contributed by atoms with van der Waals surface area (Å²) in [6.07, 6.45) is 0. The molecule has 6 heteroatoms. The number of halogens is 1. The van der Waals surface area contributed by atoms with Gasteiger partial charge in [-0.3, -0.25) is 4.79 Å². The Kier molecular flexibility index (Phi) is 3.37. The lowest BCUT2D eigenvalue weighted by molar-refractivity contribution is 0.0997. The third-order valence-corrected chi connectivity index (χ3v) is 3.92. The molecule has 1 amide bonds. The molecule has 0 atom stereocenters. The number of para-hydroxylation sites is 1. The number of carbonyl (C=O) groups excluding carboxylic acids is 1. The molecule has 1 aliphatic rings. The second kappa shape index (κ2) is 5.56. The van der Waals surface area contributed by atoms with Crippen LogP contribution in [-0.4, -0.2) is 19.1 Å². The molecule has 2 heterocycles. The summed E-state index contributed by atoms with van der Waals surface area (Å²) >= 11 is 0. The molecule has 122 valence electrons. The molecule has 1 aliphatic heterocycles. The summed E-state index contributed by atoms with van der Waals surface area (Å²) in [4.78, 5) is 12.5. The normalized spacial score (nSPS) is 13.1. The van der Waals surface area contributed by atoms with Crippen LogP contribution in [0.15, 0.2) is 40.8 Å². The first-order chi connectivity index (χ1) is 11.6. The molecular weight excluding hydrogens is 313 g/mol. The standard InChI is InChI=1S/C18H14FNO4/c1-10-12-3-2-4-13(19)17(12)24-16(10)18(21)20-11-5-6-14-15(9-11)23-8-7-22-14/h2-6,9H,7-8H2,1H3,(H,20,21). The molecule has 4 rings (SSSR count). The number of hydrogen-bond donors (Lipinski definition) is 1. The van der Waals surface area contributed by atoms with E-state index in [1.807, 2.05) is 0 Å². The number of furan rings is 1. The van der Waals surface area contributed by atoms with Gasteiger partial charge in [0.05, 0.1) is 0 Å². The van der Waals surface area contributed by atoms with E-state index < -0.39 is 11.7 Å². The molecule has 0 fully saturated rings. The largest absolute Gasteiger partial charge is 0.486 e. The van der Waals surface area contributed by atoms with Crippen LogP contribution in [0.2, 0.25) is 0 Å². The number of carbonyl (C=O) groups is 1. The fourth-order valence-corrected chi connectivity index (χ4v) is 2.73. The second-order valence-electron chi connectivity index (χ2n) is 5.49. The Bertz CT molecular complexity index is 948. The lowest BCUT2D eigenvalue weighted by atomic mass is 10.1. The maximum Gasteiger partial charge on any atom is 0.291 e. The molecule has 0 radical (unpaired) electrons. The highest BCUT2D eigenvalue weighted by Crippen LogP contribution is 2.33. The monoisotopic (exact) mass is 327 g/mol. The summed E-state index contributed by atoms with van der Waals surface area (Å²) < 4.78 is 30.2. The van der Waals surface area contributed by atoms with Gasteiger partial charge >= 0.3 is 0 Å². The Morgan fingerprint density at radius 3 is 2.71 bits per heavy atom. The minimum absolute atomic E-state index is 0.0855. The van der Waals surface area contributed by atoms with E-state index in [9.17, 15) is 9.18 Å². The van der Waals surface area contributed by atoms with Crippen LogP contribution in [-0.2, 0) is 0 Å². The summed E-state index contributed by atoms with van der Waals surface area (Å²) in [6, 6.07) is 9.73. The molecule has 2 aromatic carbocycles. The lowest BCUT2D eigenvalue weighted by Crippen LogP contribution is -2.16. The van der Waals surface area contributed by atoms with Crippen molar-refractivity contribution in [1.29, 1.82) is 0 Å². The molecule has 0 spiro atoms. The van der Waals surface area contributed by atoms with Crippen molar-refractivity contribution < 1.29 is 23.1 Å². The average molecular weight is 327 g/mol. The number of fused-ring (bicyclic) bond motifs is 2. The van der Waals surface area contributed by atoms with Crippen molar-refractivity contribution in [2.24, 2.45) is 0 Å². The van der Waals surface area contributed by atoms with Crippen LogP contribution in [0.1, 0.15) is 16.1 Å². The number of benzene rings is 2. The summed E-state index contributed by atoms with van der Waals surface area (Å²) in [5.41, 5.74) is 1.23. The molecule has 1 N–H and O–H groups in total. The number of nitrogens with one attached hydrogen (secondary N) is 1. The smallest absolute Gasteiger partial charge is 0.291 e. The van der Waals surface area contributed by atoms with Gasteiger partial charge in [-0.15, -0.1) is 0 Å². The van der Waals surface area contributed by atoms with E-state index in [0.29, 0.717) is 41.3 Å². The third kappa shape index (κ3) is 2.36. The van der Waals surface area contributed by atoms with E-state index in [1.54, 1.807) is 37.3 Å². The molecule has 0 saturated heterocycles. The minimum atomic E-state index is -0.492. The number of hydrogen-bond acceptors (Lipinski definition) is 4. The van der Waals surface area contributed by atoms with Crippen LogP contribution >= 0.6 is 0 Å². The fraction of sp³-hybridized carbons (Fsp3) is 0.167. The molecule has 1 aromatic heterocycles. The number of ether oxygens (including phenoxy) is 2. The number of amides is 1. The fourth-order valence-electron chi connectivity index (χ4n) is 2.73. The zero-order valence-electron chi connectivity index (χ0n) is 12.9. The van der Waals surface area contributed by atoms with Crippen molar-refractivity contribution in [1.82, 2.24) is 0 Å². The number of anilines is 1. The van der Waals surface area contributed by atoms with Gasteiger partial charge in [-0.25, -0.2) is 4.39 Å². The molecule has 0 bridgehead atoms. The summed E-state index contributed by atoms with van der Waals surface area (Å²) in [5, 5.41) is 3.32. The first kappa shape index (κ1) is 14.6. The summed E-state index contributed by atoms with van der Waals surface area (Å²) in [7, 11) is 0. The number of aryl methyl sites for hydroxylation is 1. The van der Waals surface area contributed by atoms with Crippen molar-refractivity contribution in [2.45, 2.75) is 6.92 Å². The Hall–Kier alpha value is -3.02. The van der Waals surface area contributed by atoms with Gasteiger partial charge in [0.1, 0.15) is 13.2 Å². The highest BCUT2D eigenvalue weighted by Gasteiger charge is 2.20. The van der Waals surface area contributed by atoms with Gasteiger partial charge in [0.25, 0.3) is 5.91 Å². The summed E-state index contributed by atoms with van der Waals surface area (Å²) in [6.45, 7) is 2.69. The van der Waals surface area contributed by atoms with Gasteiger partial charge in [-0.05, 0) is 25.1 Å². The van der Waals surface area contributed by atoms with Crippen molar-refractivity contribution in [3.8, 4) is 11.5 Å². The Balaban J connectivity index is 1.65. The van der Waals surface area contributed by atoms with Crippen LogP contribution in [0, 0.1) is 12.7 Å². The SMILES string of the molecule is Cc1c(C(=O)Nc2ccc3c(c2)OCCO3)oc2c(F)cccc12. The van der Waals surface area contributed by atoms with Crippen LogP contribution in [0.5, 0.6) is 11.5 Å². The maximum atomic E-state index is 13.8. The van der Waals surface area contributed by atoms with Gasteiger partial charge in [-0.1, -0.05) is 12.1 Å². The molecule has 0 saturated carbocycles. The zero-order chi connectivity index (χ0) is 16.7. The predicted molar refractivity (Wildman–Crippen MR) is 86.3 cm³/mol. The Labute approximate surface area is 137 Å². The lowest BCUT2D eigenvalue weighted by Gasteiger charge is -2.18. The third-order valence-electron chi connectivity index (χ3n) is 3.92. The average Bonchev–Trinajstić information content (AvgIpc) is 2.93. The molecule has 0 unspecified atom stereocenters. The van der Waals surface area contributed by atoms with Crippen molar-refractivity contribution in [3.63, 3.8) is 0 Å². The Morgan fingerprint density at radius 1 is 1.12 bits per heavy atom. The molecular formula is C18H14FNO4. The van der Waals surface area contributed by atoms with Crippen LogP contribution in [0.25, 0.3) is 11.0 Å². The molecule has 3 aromatic rings.